The van der Waals surface area contributed by atoms with Gasteiger partial charge in [0, 0.05) is 5.56 Å². The van der Waals surface area contributed by atoms with Gasteiger partial charge in [0.2, 0.25) is 0 Å². The molecule has 0 aliphatic heterocycles. The van der Waals surface area contributed by atoms with Crippen LogP contribution < -0.4 is 9.47 Å². The molecule has 0 N–H and O–H groups in total. The highest BCUT2D eigenvalue weighted by Gasteiger charge is 2.17. The van der Waals surface area contributed by atoms with Crippen LogP contribution in [0.5, 0.6) is 17.2 Å². The molecule has 3 aromatic rings. The van der Waals surface area contributed by atoms with Gasteiger partial charge >= 0.3 is 5.97 Å². The molecule has 6 heteroatoms. The number of hydrogen-bond acceptors (Lipinski definition) is 6. The van der Waals surface area contributed by atoms with Gasteiger partial charge in [-0.1, -0.05) is 0 Å². The predicted octanol–water partition coefficient (Wildman–Crippen LogP) is 5.10. The SMILES string of the molecule is CCOC(=O)c1sc(-c2ccc(Oc3ccc(OC)cc3)cc2)nc1C. The van der Waals surface area contributed by atoms with Crippen molar-refractivity contribution in [2.75, 3.05) is 13.7 Å². The fraction of sp³-hybridized carbons (Fsp3) is 0.200. The molecule has 0 aliphatic rings. The van der Waals surface area contributed by atoms with Crippen LogP contribution in [0, 0.1) is 6.92 Å². The quantitative estimate of drug-likeness (QED) is 0.566. The van der Waals surface area contributed by atoms with Gasteiger partial charge < -0.3 is 14.2 Å². The number of hydrogen-bond donors (Lipinski definition) is 0. The lowest BCUT2D eigenvalue weighted by Crippen LogP contribution is -2.03. The first kappa shape index (κ1) is 17.9. The average Bonchev–Trinajstić information content (AvgIpc) is 3.05. The van der Waals surface area contributed by atoms with Crippen molar-refractivity contribution in [3.05, 3.63) is 59.1 Å². The van der Waals surface area contributed by atoms with Crippen LogP contribution in [-0.4, -0.2) is 24.7 Å². The van der Waals surface area contributed by atoms with Gasteiger partial charge in [-0.25, -0.2) is 9.78 Å². The van der Waals surface area contributed by atoms with E-state index in [9.17, 15) is 4.79 Å². The maximum Gasteiger partial charge on any atom is 0.350 e. The van der Waals surface area contributed by atoms with Crippen molar-refractivity contribution in [1.82, 2.24) is 4.98 Å². The Kier molecular flexibility index (Phi) is 5.53. The van der Waals surface area contributed by atoms with Gasteiger partial charge in [0.05, 0.1) is 19.4 Å². The minimum Gasteiger partial charge on any atom is -0.497 e. The lowest BCUT2D eigenvalue weighted by atomic mass is 10.2. The minimum atomic E-state index is -0.326. The molecular formula is C20H19NO4S. The van der Waals surface area contributed by atoms with E-state index in [4.69, 9.17) is 14.2 Å². The second kappa shape index (κ2) is 8.01. The molecule has 0 spiro atoms. The van der Waals surface area contributed by atoms with E-state index in [2.05, 4.69) is 4.98 Å². The van der Waals surface area contributed by atoms with Crippen LogP contribution in [0.25, 0.3) is 10.6 Å². The molecule has 0 saturated heterocycles. The van der Waals surface area contributed by atoms with E-state index in [1.165, 1.54) is 11.3 Å². The maximum absolute atomic E-state index is 11.9. The maximum atomic E-state index is 11.9. The molecule has 0 unspecified atom stereocenters. The second-order valence-electron chi connectivity index (χ2n) is 5.46. The summed E-state index contributed by atoms with van der Waals surface area (Å²) >= 11 is 1.33. The third-order valence-corrected chi connectivity index (χ3v) is 4.84. The Morgan fingerprint density at radius 1 is 1.00 bits per heavy atom. The highest BCUT2D eigenvalue weighted by Crippen LogP contribution is 2.31. The first-order valence-corrected chi connectivity index (χ1v) is 8.99. The largest absolute Gasteiger partial charge is 0.497 e. The molecule has 1 aromatic heterocycles. The first-order chi connectivity index (χ1) is 12.6. The van der Waals surface area contributed by atoms with Crippen LogP contribution >= 0.6 is 11.3 Å². The third kappa shape index (κ3) is 4.03. The molecule has 0 radical (unpaired) electrons. The molecule has 2 aromatic carbocycles. The molecular weight excluding hydrogens is 350 g/mol. The predicted molar refractivity (Wildman–Crippen MR) is 101 cm³/mol. The summed E-state index contributed by atoms with van der Waals surface area (Å²) in [6.45, 7) is 3.95. The van der Waals surface area contributed by atoms with Gasteiger partial charge in [0.15, 0.2) is 0 Å². The zero-order chi connectivity index (χ0) is 18.5. The Morgan fingerprint density at radius 3 is 2.15 bits per heavy atom. The van der Waals surface area contributed by atoms with Gasteiger partial charge in [0.1, 0.15) is 27.1 Å². The van der Waals surface area contributed by atoms with Crippen molar-refractivity contribution in [2.45, 2.75) is 13.8 Å². The molecule has 3 rings (SSSR count). The Balaban J connectivity index is 1.75. The van der Waals surface area contributed by atoms with Gasteiger partial charge in [-0.15, -0.1) is 11.3 Å². The minimum absolute atomic E-state index is 0.326. The van der Waals surface area contributed by atoms with Gasteiger partial charge in [-0.2, -0.15) is 0 Å². The van der Waals surface area contributed by atoms with E-state index >= 15 is 0 Å². The summed E-state index contributed by atoms with van der Waals surface area (Å²) in [6, 6.07) is 15.0. The lowest BCUT2D eigenvalue weighted by molar-refractivity contribution is 0.0531. The van der Waals surface area contributed by atoms with E-state index in [0.717, 1.165) is 27.8 Å². The summed E-state index contributed by atoms with van der Waals surface area (Å²) < 4.78 is 16.0. The highest BCUT2D eigenvalue weighted by atomic mass is 32.1. The molecule has 0 atom stereocenters. The van der Waals surface area contributed by atoms with Crippen molar-refractivity contribution >= 4 is 17.3 Å². The van der Waals surface area contributed by atoms with E-state index in [1.54, 1.807) is 14.0 Å². The third-order valence-electron chi connectivity index (χ3n) is 3.65. The van der Waals surface area contributed by atoms with Crippen molar-refractivity contribution < 1.29 is 19.0 Å². The van der Waals surface area contributed by atoms with Crippen molar-refractivity contribution in [2.24, 2.45) is 0 Å². The first-order valence-electron chi connectivity index (χ1n) is 8.17. The molecule has 0 bridgehead atoms. The molecule has 0 aliphatic carbocycles. The summed E-state index contributed by atoms with van der Waals surface area (Å²) in [5.74, 6) is 1.91. The van der Waals surface area contributed by atoms with Crippen LogP contribution in [0.2, 0.25) is 0 Å². The number of aryl methyl sites for hydroxylation is 1. The Labute approximate surface area is 156 Å². The van der Waals surface area contributed by atoms with E-state index in [0.29, 0.717) is 17.2 Å². The van der Waals surface area contributed by atoms with Crippen LogP contribution in [0.4, 0.5) is 0 Å². The number of carbonyl (C=O) groups is 1. The zero-order valence-electron chi connectivity index (χ0n) is 14.8. The molecule has 26 heavy (non-hydrogen) atoms. The number of rotatable bonds is 6. The number of benzene rings is 2. The number of ether oxygens (including phenoxy) is 3. The monoisotopic (exact) mass is 369 g/mol. The fourth-order valence-corrected chi connectivity index (χ4v) is 3.32. The van der Waals surface area contributed by atoms with Crippen molar-refractivity contribution in [3.63, 3.8) is 0 Å². The number of thiazole rings is 1. The summed E-state index contributed by atoms with van der Waals surface area (Å²) in [5.41, 5.74) is 1.61. The molecule has 134 valence electrons. The van der Waals surface area contributed by atoms with Crippen molar-refractivity contribution in [3.8, 4) is 27.8 Å². The normalized spacial score (nSPS) is 10.4. The molecule has 0 amide bonds. The summed E-state index contributed by atoms with van der Waals surface area (Å²) in [4.78, 5) is 17.0. The standard InChI is InChI=1S/C20H19NO4S/c1-4-24-20(22)18-13(2)21-19(26-18)14-5-7-16(8-6-14)25-17-11-9-15(23-3)10-12-17/h5-12H,4H2,1-3H3. The Morgan fingerprint density at radius 2 is 1.58 bits per heavy atom. The Hall–Kier alpha value is -2.86. The van der Waals surface area contributed by atoms with Crippen LogP contribution in [0.15, 0.2) is 48.5 Å². The molecule has 1 heterocycles. The summed E-state index contributed by atoms with van der Waals surface area (Å²) in [5, 5.41) is 0.779. The topological polar surface area (TPSA) is 57.7 Å². The van der Waals surface area contributed by atoms with Gasteiger partial charge in [0.25, 0.3) is 0 Å². The average molecular weight is 369 g/mol. The summed E-state index contributed by atoms with van der Waals surface area (Å²) in [7, 11) is 1.63. The lowest BCUT2D eigenvalue weighted by Gasteiger charge is -2.07. The number of esters is 1. The van der Waals surface area contributed by atoms with E-state index in [1.807, 2.05) is 55.5 Å². The summed E-state index contributed by atoms with van der Waals surface area (Å²) in [6.07, 6.45) is 0. The van der Waals surface area contributed by atoms with E-state index in [-0.39, 0.29) is 5.97 Å². The number of aromatic nitrogens is 1. The fourth-order valence-electron chi connectivity index (χ4n) is 2.35. The number of carbonyl (C=O) groups excluding carboxylic acids is 1. The highest BCUT2D eigenvalue weighted by molar-refractivity contribution is 7.17. The molecule has 0 fully saturated rings. The van der Waals surface area contributed by atoms with Crippen LogP contribution in [0.3, 0.4) is 0 Å². The van der Waals surface area contributed by atoms with Gasteiger partial charge in [-0.05, 0) is 62.4 Å². The smallest absolute Gasteiger partial charge is 0.350 e. The van der Waals surface area contributed by atoms with Crippen LogP contribution in [0.1, 0.15) is 22.3 Å². The Bertz CT molecular complexity index is 885. The molecule has 0 saturated carbocycles. The number of nitrogens with zero attached hydrogens (tertiary/aromatic N) is 1. The molecule has 5 nitrogen and oxygen atoms in total. The van der Waals surface area contributed by atoms with Crippen molar-refractivity contribution in [1.29, 1.82) is 0 Å². The van der Waals surface area contributed by atoms with E-state index < -0.39 is 0 Å². The number of methoxy groups -OCH3 is 1. The zero-order valence-corrected chi connectivity index (χ0v) is 15.6. The second-order valence-corrected chi connectivity index (χ2v) is 6.46. The van der Waals surface area contributed by atoms with Gasteiger partial charge in [-0.3, -0.25) is 0 Å². The van der Waals surface area contributed by atoms with Crippen LogP contribution in [-0.2, 0) is 4.74 Å².